The fourth-order valence-corrected chi connectivity index (χ4v) is 0.846. The van der Waals surface area contributed by atoms with Gasteiger partial charge < -0.3 is 4.74 Å². The monoisotopic (exact) mass is 153 g/mol. The van der Waals surface area contributed by atoms with E-state index < -0.39 is 0 Å². The molecule has 1 rings (SSSR count). The molecular weight excluding hydrogens is 142 g/mol. The van der Waals surface area contributed by atoms with Crippen molar-refractivity contribution in [3.63, 3.8) is 0 Å². The molecule has 0 N–H and O–H groups in total. The summed E-state index contributed by atoms with van der Waals surface area (Å²) in [6.45, 7) is 5.64. The number of carbonyl (C=O) groups excluding carboxylic acids is 1. The number of hydrogen-bond acceptors (Lipinski definition) is 3. The van der Waals surface area contributed by atoms with Crippen molar-refractivity contribution in [3.05, 3.63) is 11.8 Å². The quantitative estimate of drug-likeness (QED) is 0.423. The summed E-state index contributed by atoms with van der Waals surface area (Å²) in [5.41, 5.74) is 0.428. The molecule has 0 radical (unpaired) electrons. The Hall–Kier alpha value is -1.12. The third-order valence-corrected chi connectivity index (χ3v) is 1.22. The fourth-order valence-electron chi connectivity index (χ4n) is 0.846. The topological polar surface area (TPSA) is 38.7 Å². The van der Waals surface area contributed by atoms with Crippen molar-refractivity contribution >= 4 is 11.9 Å². The number of nitrogens with zero attached hydrogens (tertiary/aromatic N) is 1. The smallest absolute Gasteiger partial charge is 0.363 e. The Morgan fingerprint density at radius 3 is 2.55 bits per heavy atom. The Morgan fingerprint density at radius 2 is 2.18 bits per heavy atom. The van der Waals surface area contributed by atoms with Crippen molar-refractivity contribution in [2.24, 2.45) is 10.9 Å². The van der Waals surface area contributed by atoms with Gasteiger partial charge in [-0.3, -0.25) is 0 Å². The van der Waals surface area contributed by atoms with E-state index in [1.54, 1.807) is 13.0 Å². The largest absolute Gasteiger partial charge is 0.407 e. The van der Waals surface area contributed by atoms with Crippen LogP contribution in [0.25, 0.3) is 0 Å². The minimum Gasteiger partial charge on any atom is -0.407 e. The Morgan fingerprint density at radius 1 is 1.55 bits per heavy atom. The lowest BCUT2D eigenvalue weighted by Gasteiger charge is -1.93. The minimum absolute atomic E-state index is 0.326. The van der Waals surface area contributed by atoms with Gasteiger partial charge in [0.1, 0.15) is 5.70 Å². The molecule has 3 nitrogen and oxygen atoms in total. The molecule has 0 spiro atoms. The van der Waals surface area contributed by atoms with Crippen LogP contribution in [0, 0.1) is 5.92 Å². The SMILES string of the molecule is CC1=NC(=CC(C)C)C(=O)O1. The summed E-state index contributed by atoms with van der Waals surface area (Å²) in [7, 11) is 0. The number of carbonyl (C=O) groups is 1. The van der Waals surface area contributed by atoms with Crippen LogP contribution >= 0.6 is 0 Å². The number of ether oxygens (including phenoxy) is 1. The van der Waals surface area contributed by atoms with Gasteiger partial charge in [-0.1, -0.05) is 13.8 Å². The predicted molar refractivity (Wildman–Crippen MR) is 42.1 cm³/mol. The highest BCUT2D eigenvalue weighted by atomic mass is 16.6. The van der Waals surface area contributed by atoms with Crippen LogP contribution in [0.2, 0.25) is 0 Å². The van der Waals surface area contributed by atoms with Crippen molar-refractivity contribution in [1.82, 2.24) is 0 Å². The third-order valence-electron chi connectivity index (χ3n) is 1.22. The van der Waals surface area contributed by atoms with Gasteiger partial charge in [0.25, 0.3) is 0 Å². The van der Waals surface area contributed by atoms with Crippen LogP contribution in [0.1, 0.15) is 20.8 Å². The zero-order valence-corrected chi connectivity index (χ0v) is 6.92. The Kier molecular flexibility index (Phi) is 2.08. The summed E-state index contributed by atoms with van der Waals surface area (Å²) in [5, 5.41) is 0. The number of esters is 1. The highest BCUT2D eigenvalue weighted by Crippen LogP contribution is 2.12. The van der Waals surface area contributed by atoms with E-state index in [2.05, 4.69) is 4.99 Å². The van der Waals surface area contributed by atoms with Gasteiger partial charge in [-0.05, 0) is 12.0 Å². The summed E-state index contributed by atoms with van der Waals surface area (Å²) in [4.78, 5) is 14.8. The lowest BCUT2D eigenvalue weighted by atomic mass is 10.2. The molecule has 0 atom stereocenters. The minimum atomic E-state index is -0.337. The van der Waals surface area contributed by atoms with E-state index in [0.29, 0.717) is 17.5 Å². The first kappa shape index (κ1) is 7.98. The van der Waals surface area contributed by atoms with Gasteiger partial charge in [0.2, 0.25) is 0 Å². The van der Waals surface area contributed by atoms with Gasteiger partial charge in [-0.2, -0.15) is 0 Å². The van der Waals surface area contributed by atoms with Crippen LogP contribution in [0.3, 0.4) is 0 Å². The molecule has 1 aliphatic rings. The molecule has 0 unspecified atom stereocenters. The van der Waals surface area contributed by atoms with Crippen LogP contribution in [-0.2, 0) is 9.53 Å². The summed E-state index contributed by atoms with van der Waals surface area (Å²) >= 11 is 0. The highest BCUT2D eigenvalue weighted by Gasteiger charge is 2.19. The van der Waals surface area contributed by atoms with Crippen molar-refractivity contribution in [2.45, 2.75) is 20.8 Å². The van der Waals surface area contributed by atoms with Gasteiger partial charge >= 0.3 is 5.97 Å². The number of allylic oxidation sites excluding steroid dienone is 1. The molecular formula is C8H11NO2. The van der Waals surface area contributed by atoms with Crippen molar-refractivity contribution in [3.8, 4) is 0 Å². The van der Waals surface area contributed by atoms with Gasteiger partial charge in [0.15, 0.2) is 5.90 Å². The van der Waals surface area contributed by atoms with Crippen LogP contribution in [0.5, 0.6) is 0 Å². The molecule has 0 aliphatic carbocycles. The first-order chi connectivity index (χ1) is 5.09. The van der Waals surface area contributed by atoms with Crippen LogP contribution in [0.4, 0.5) is 0 Å². The van der Waals surface area contributed by atoms with E-state index in [0.717, 1.165) is 0 Å². The van der Waals surface area contributed by atoms with E-state index in [-0.39, 0.29) is 5.97 Å². The molecule has 1 aliphatic heterocycles. The van der Waals surface area contributed by atoms with E-state index in [9.17, 15) is 4.79 Å². The Labute approximate surface area is 65.8 Å². The average Bonchev–Trinajstić information content (AvgIpc) is 2.09. The van der Waals surface area contributed by atoms with Crippen molar-refractivity contribution in [2.75, 3.05) is 0 Å². The molecule has 0 fully saturated rings. The predicted octanol–water partition coefficient (Wildman–Crippen LogP) is 1.50. The molecule has 11 heavy (non-hydrogen) atoms. The van der Waals surface area contributed by atoms with Crippen molar-refractivity contribution in [1.29, 1.82) is 0 Å². The van der Waals surface area contributed by atoms with Gasteiger partial charge in [0, 0.05) is 6.92 Å². The standard InChI is InChI=1S/C8H11NO2/c1-5(2)4-7-8(10)11-6(3)9-7/h4-5H,1-3H3. The van der Waals surface area contributed by atoms with Crippen LogP contribution in [-0.4, -0.2) is 11.9 Å². The van der Waals surface area contributed by atoms with Gasteiger partial charge in [-0.25, -0.2) is 9.79 Å². The molecule has 3 heteroatoms. The second-order valence-electron chi connectivity index (χ2n) is 2.82. The maximum absolute atomic E-state index is 10.9. The van der Waals surface area contributed by atoms with Crippen molar-refractivity contribution < 1.29 is 9.53 Å². The van der Waals surface area contributed by atoms with E-state index in [1.807, 2.05) is 13.8 Å². The molecule has 60 valence electrons. The molecule has 0 aromatic heterocycles. The number of rotatable bonds is 1. The zero-order chi connectivity index (χ0) is 8.43. The fraction of sp³-hybridized carbons (Fsp3) is 0.500. The Balaban J connectivity index is 2.81. The normalized spacial score (nSPS) is 20.9. The molecule has 0 bridgehead atoms. The van der Waals surface area contributed by atoms with E-state index in [1.165, 1.54) is 0 Å². The summed E-state index contributed by atoms with van der Waals surface area (Å²) in [6.07, 6.45) is 1.79. The highest BCUT2D eigenvalue weighted by molar-refractivity contribution is 6.03. The van der Waals surface area contributed by atoms with Gasteiger partial charge in [0.05, 0.1) is 0 Å². The summed E-state index contributed by atoms with van der Waals surface area (Å²) in [5.74, 6) is 0.422. The molecule has 0 saturated carbocycles. The molecule has 0 aromatic carbocycles. The lowest BCUT2D eigenvalue weighted by molar-refractivity contribution is -0.130. The zero-order valence-electron chi connectivity index (χ0n) is 6.92. The second kappa shape index (κ2) is 2.86. The lowest BCUT2D eigenvalue weighted by Crippen LogP contribution is -2.00. The molecule has 0 amide bonds. The first-order valence-corrected chi connectivity index (χ1v) is 3.59. The van der Waals surface area contributed by atoms with Gasteiger partial charge in [-0.15, -0.1) is 0 Å². The average molecular weight is 153 g/mol. The second-order valence-corrected chi connectivity index (χ2v) is 2.82. The van der Waals surface area contributed by atoms with Crippen LogP contribution < -0.4 is 0 Å². The summed E-state index contributed by atoms with van der Waals surface area (Å²) < 4.78 is 4.72. The maximum atomic E-state index is 10.9. The number of aliphatic imine (C=N–C) groups is 1. The first-order valence-electron chi connectivity index (χ1n) is 3.59. The van der Waals surface area contributed by atoms with E-state index >= 15 is 0 Å². The molecule has 0 saturated heterocycles. The third kappa shape index (κ3) is 1.90. The number of hydrogen-bond donors (Lipinski definition) is 0. The van der Waals surface area contributed by atoms with Crippen LogP contribution in [0.15, 0.2) is 16.8 Å². The molecule has 1 heterocycles. The van der Waals surface area contributed by atoms with E-state index in [4.69, 9.17) is 4.74 Å². The maximum Gasteiger partial charge on any atom is 0.363 e. The molecule has 0 aromatic rings. The Bertz CT molecular complexity index is 238. The summed E-state index contributed by atoms with van der Waals surface area (Å²) in [6, 6.07) is 0. The number of cyclic esters (lactones) is 1.